The Morgan fingerprint density at radius 2 is 1.86 bits per heavy atom. The maximum Gasteiger partial charge on any atom is 0.211 e. The minimum Gasteiger partial charge on any atom is -0.300 e. The lowest BCUT2D eigenvalue weighted by Gasteiger charge is -2.19. The van der Waals surface area contributed by atoms with E-state index >= 15 is 0 Å². The van der Waals surface area contributed by atoms with Crippen molar-refractivity contribution < 1.29 is 13.2 Å². The molecule has 0 aromatic rings. The summed E-state index contributed by atoms with van der Waals surface area (Å²) in [6.45, 7) is 11.7. The summed E-state index contributed by atoms with van der Waals surface area (Å²) in [6.07, 6.45) is 4.76. The maximum absolute atomic E-state index is 12.5. The predicted molar refractivity (Wildman–Crippen MR) is 90.2 cm³/mol. The van der Waals surface area contributed by atoms with E-state index in [-0.39, 0.29) is 23.5 Å². The van der Waals surface area contributed by atoms with Crippen molar-refractivity contribution in [3.05, 3.63) is 12.2 Å². The van der Waals surface area contributed by atoms with Crippen LogP contribution in [0.5, 0.6) is 0 Å². The van der Waals surface area contributed by atoms with Gasteiger partial charge in [-0.1, -0.05) is 33.8 Å². The molecule has 1 rings (SSSR count). The Balaban J connectivity index is 2.75. The number of allylic oxidation sites excluding steroid dienone is 1. The fourth-order valence-electron chi connectivity index (χ4n) is 2.96. The average Bonchev–Trinajstić information content (AvgIpc) is 2.88. The summed E-state index contributed by atoms with van der Waals surface area (Å²) in [4.78, 5) is 14.7. The van der Waals surface area contributed by atoms with Crippen LogP contribution in [0.15, 0.2) is 12.2 Å². The minimum atomic E-state index is -3.23. The van der Waals surface area contributed by atoms with Crippen LogP contribution in [0.1, 0.15) is 27.7 Å². The van der Waals surface area contributed by atoms with Gasteiger partial charge in [-0.05, 0) is 31.0 Å². The summed E-state index contributed by atoms with van der Waals surface area (Å²) < 4.78 is 24.9. The monoisotopic (exact) mass is 330 g/mol. The second-order valence-electron chi connectivity index (χ2n) is 6.38. The Bertz CT molecular complexity index is 496. The maximum atomic E-state index is 12.5. The van der Waals surface area contributed by atoms with Gasteiger partial charge < -0.3 is 4.90 Å². The van der Waals surface area contributed by atoms with Gasteiger partial charge in [0.05, 0.1) is 6.26 Å². The van der Waals surface area contributed by atoms with E-state index in [1.807, 2.05) is 6.08 Å². The number of likely N-dealkylation sites (N-methyl/N-ethyl adjacent to an activating group) is 1. The number of ketones is 1. The molecular weight excluding hydrogens is 300 g/mol. The molecule has 1 fully saturated rings. The van der Waals surface area contributed by atoms with E-state index in [4.69, 9.17) is 0 Å². The molecule has 1 heterocycles. The first-order chi connectivity index (χ1) is 10.2. The summed E-state index contributed by atoms with van der Waals surface area (Å²) >= 11 is 0. The van der Waals surface area contributed by atoms with E-state index in [0.717, 1.165) is 19.6 Å². The zero-order valence-electron chi connectivity index (χ0n) is 14.4. The van der Waals surface area contributed by atoms with Crippen molar-refractivity contribution in [3.63, 3.8) is 0 Å². The lowest BCUT2D eigenvalue weighted by molar-refractivity contribution is -0.119. The molecule has 128 valence electrons. The Morgan fingerprint density at radius 3 is 2.32 bits per heavy atom. The number of hydrogen-bond acceptors (Lipinski definition) is 4. The number of carbonyl (C=O) groups excluding carboxylic acids is 1. The molecule has 1 unspecified atom stereocenters. The van der Waals surface area contributed by atoms with Crippen LogP contribution in [0.2, 0.25) is 0 Å². The van der Waals surface area contributed by atoms with Gasteiger partial charge in [0.1, 0.15) is 0 Å². The summed E-state index contributed by atoms with van der Waals surface area (Å²) in [5.74, 6) is 0.219. The average molecular weight is 330 g/mol. The summed E-state index contributed by atoms with van der Waals surface area (Å²) in [5.41, 5.74) is 0. The smallest absolute Gasteiger partial charge is 0.211 e. The van der Waals surface area contributed by atoms with E-state index in [0.29, 0.717) is 13.1 Å². The lowest BCUT2D eigenvalue weighted by Crippen LogP contribution is -2.28. The molecular formula is C16H30N2O3S. The van der Waals surface area contributed by atoms with E-state index in [1.54, 1.807) is 6.08 Å². The van der Waals surface area contributed by atoms with E-state index in [2.05, 4.69) is 32.6 Å². The molecule has 0 aromatic heterocycles. The van der Waals surface area contributed by atoms with Crippen molar-refractivity contribution in [2.24, 2.45) is 17.8 Å². The molecule has 0 aromatic carbocycles. The fraction of sp³-hybridized carbons (Fsp3) is 0.812. The molecule has 2 atom stereocenters. The van der Waals surface area contributed by atoms with Crippen LogP contribution < -0.4 is 0 Å². The van der Waals surface area contributed by atoms with Crippen molar-refractivity contribution in [2.45, 2.75) is 27.7 Å². The molecule has 0 spiro atoms. The molecule has 0 bridgehead atoms. The third-order valence-corrected chi connectivity index (χ3v) is 5.80. The molecule has 0 saturated carbocycles. The third kappa shape index (κ3) is 5.18. The number of hydrogen-bond donors (Lipinski definition) is 0. The van der Waals surface area contributed by atoms with Crippen LogP contribution in [0.25, 0.3) is 0 Å². The first-order valence-electron chi connectivity index (χ1n) is 8.08. The molecule has 1 saturated heterocycles. The predicted octanol–water partition coefficient (Wildman–Crippen LogP) is 1.62. The highest BCUT2D eigenvalue weighted by Gasteiger charge is 2.41. The Kier molecular flexibility index (Phi) is 7.22. The zero-order chi connectivity index (χ0) is 16.9. The Hall–Kier alpha value is -0.720. The lowest BCUT2D eigenvalue weighted by atomic mass is 9.83. The number of rotatable bonds is 8. The summed E-state index contributed by atoms with van der Waals surface area (Å²) in [5, 5.41) is 0. The number of sulfonamides is 1. The highest BCUT2D eigenvalue weighted by Crippen LogP contribution is 2.31. The zero-order valence-corrected chi connectivity index (χ0v) is 15.3. The van der Waals surface area contributed by atoms with Crippen LogP contribution in [-0.2, 0) is 14.8 Å². The Morgan fingerprint density at radius 1 is 1.27 bits per heavy atom. The van der Waals surface area contributed by atoms with Gasteiger partial charge in [0.25, 0.3) is 0 Å². The van der Waals surface area contributed by atoms with Gasteiger partial charge in [0, 0.05) is 25.6 Å². The van der Waals surface area contributed by atoms with Gasteiger partial charge in [-0.2, -0.15) is 0 Å². The van der Waals surface area contributed by atoms with Crippen molar-refractivity contribution in [1.29, 1.82) is 0 Å². The quantitative estimate of drug-likeness (QED) is 0.635. The van der Waals surface area contributed by atoms with Crippen LogP contribution in [0.4, 0.5) is 0 Å². The molecule has 0 amide bonds. The van der Waals surface area contributed by atoms with Crippen LogP contribution in [0.3, 0.4) is 0 Å². The standard InChI is InChI=1S/C16H30N2O3S/c1-6-17(7-2)10-8-9-16(19)15-12-18(22(5,20)21)11-14(15)13(3)4/h8-9,13-15H,6-7,10-12H2,1-5H3/t14-,15?/m1/s1. The van der Waals surface area contributed by atoms with Crippen molar-refractivity contribution >= 4 is 15.8 Å². The van der Waals surface area contributed by atoms with Crippen molar-refractivity contribution in [3.8, 4) is 0 Å². The van der Waals surface area contributed by atoms with Crippen LogP contribution in [0, 0.1) is 17.8 Å². The highest BCUT2D eigenvalue weighted by molar-refractivity contribution is 7.88. The second kappa shape index (κ2) is 8.22. The molecule has 1 aliphatic rings. The van der Waals surface area contributed by atoms with Gasteiger partial charge in [0.2, 0.25) is 10.0 Å². The van der Waals surface area contributed by atoms with Gasteiger partial charge >= 0.3 is 0 Å². The first kappa shape index (κ1) is 19.3. The van der Waals surface area contributed by atoms with Crippen molar-refractivity contribution in [2.75, 3.05) is 39.0 Å². The van der Waals surface area contributed by atoms with Crippen LogP contribution >= 0.6 is 0 Å². The SMILES string of the molecule is CCN(CC)CC=CC(=O)C1CN(S(C)(=O)=O)C[C@@H]1C(C)C. The van der Waals surface area contributed by atoms with Gasteiger partial charge in [-0.15, -0.1) is 0 Å². The first-order valence-corrected chi connectivity index (χ1v) is 9.93. The normalized spacial score (nSPS) is 24.0. The van der Waals surface area contributed by atoms with Gasteiger partial charge in [0.15, 0.2) is 5.78 Å². The summed E-state index contributed by atoms with van der Waals surface area (Å²) in [6, 6.07) is 0. The van der Waals surface area contributed by atoms with Crippen LogP contribution in [-0.4, -0.2) is 62.4 Å². The molecule has 1 aliphatic heterocycles. The molecule has 0 N–H and O–H groups in total. The molecule has 0 radical (unpaired) electrons. The molecule has 0 aliphatic carbocycles. The fourth-order valence-corrected chi connectivity index (χ4v) is 3.84. The van der Waals surface area contributed by atoms with Gasteiger partial charge in [-0.3, -0.25) is 4.79 Å². The molecule has 6 heteroatoms. The van der Waals surface area contributed by atoms with E-state index < -0.39 is 10.0 Å². The molecule has 22 heavy (non-hydrogen) atoms. The third-order valence-electron chi connectivity index (χ3n) is 4.56. The van der Waals surface area contributed by atoms with E-state index in [9.17, 15) is 13.2 Å². The molecule has 5 nitrogen and oxygen atoms in total. The minimum absolute atomic E-state index is 0.0528. The number of nitrogens with zero attached hydrogens (tertiary/aromatic N) is 2. The second-order valence-corrected chi connectivity index (χ2v) is 8.37. The van der Waals surface area contributed by atoms with E-state index in [1.165, 1.54) is 10.6 Å². The van der Waals surface area contributed by atoms with Crippen molar-refractivity contribution in [1.82, 2.24) is 9.21 Å². The largest absolute Gasteiger partial charge is 0.300 e. The number of carbonyl (C=O) groups is 1. The summed E-state index contributed by atoms with van der Waals surface area (Å²) in [7, 11) is -3.23. The van der Waals surface area contributed by atoms with Gasteiger partial charge in [-0.25, -0.2) is 12.7 Å². The highest BCUT2D eigenvalue weighted by atomic mass is 32.2. The topological polar surface area (TPSA) is 57.7 Å². The Labute approximate surface area is 135 Å².